The molecular weight excluding hydrogens is 170 g/mol. The third kappa shape index (κ3) is 3.65. The molecule has 2 nitrogen and oxygen atoms in total. The molecule has 0 aliphatic carbocycles. The molecule has 0 heterocycles. The van der Waals surface area contributed by atoms with Crippen molar-refractivity contribution in [3.05, 3.63) is 24.3 Å². The second kappa shape index (κ2) is 5.24. The summed E-state index contributed by atoms with van der Waals surface area (Å²) in [5.41, 5.74) is 0.484. The zero-order valence-corrected chi connectivity index (χ0v) is 6.12. The van der Waals surface area contributed by atoms with Crippen LogP contribution in [0.3, 0.4) is 0 Å². The quantitative estimate of drug-likeness (QED) is 0.381. The molecule has 0 saturated heterocycles. The van der Waals surface area contributed by atoms with Crippen LogP contribution in [0.1, 0.15) is 0 Å². The Kier molecular flexibility index (Phi) is 5.51. The Balaban J connectivity index is 0.000001000. The van der Waals surface area contributed by atoms with Gasteiger partial charge in [-0.3, -0.25) is 0 Å². The van der Waals surface area contributed by atoms with E-state index in [1.807, 2.05) is 0 Å². The molecule has 2 N–H and O–H groups in total. The van der Waals surface area contributed by atoms with Crippen LogP contribution in [-0.4, -0.2) is 46.7 Å². The van der Waals surface area contributed by atoms with Gasteiger partial charge in [-0.2, -0.15) is 0 Å². The van der Waals surface area contributed by atoms with E-state index in [1.165, 1.54) is 0 Å². The van der Waals surface area contributed by atoms with E-state index < -0.39 is 7.12 Å². The topological polar surface area (TPSA) is 40.5 Å². The first-order valence-corrected chi connectivity index (χ1v) is 3.30. The van der Waals surface area contributed by atoms with Crippen molar-refractivity contribution in [2.24, 2.45) is 0 Å². The maximum atomic E-state index is 8.65. The predicted octanol–water partition coefficient (Wildman–Crippen LogP) is -0.993. The van der Waals surface area contributed by atoms with Crippen LogP contribution in [0.5, 0.6) is 0 Å². The summed E-state index contributed by atoms with van der Waals surface area (Å²) in [5.74, 6) is 0. The summed E-state index contributed by atoms with van der Waals surface area (Å²) in [6.07, 6.45) is 0. The fraction of sp³-hybridized carbons (Fsp3) is 0. The van der Waals surface area contributed by atoms with E-state index in [1.54, 1.807) is 24.3 Å². The van der Waals surface area contributed by atoms with E-state index in [9.17, 15) is 0 Å². The zero-order valence-electron chi connectivity index (χ0n) is 5.23. The maximum absolute atomic E-state index is 8.65. The molecule has 1 aromatic carbocycles. The molecule has 0 aliphatic heterocycles. The van der Waals surface area contributed by atoms with Crippen molar-refractivity contribution < 1.29 is 10.0 Å². The number of rotatable bonds is 1. The van der Waals surface area contributed by atoms with Crippen LogP contribution in [0.4, 0.5) is 0 Å². The minimum atomic E-state index is -1.38. The Morgan fingerprint density at radius 2 is 1.55 bits per heavy atom. The fourth-order valence-corrected chi connectivity index (χ4v) is 0.796. The number of benzene rings is 1. The van der Waals surface area contributed by atoms with Crippen LogP contribution in [0.2, 0.25) is 0 Å². The summed E-state index contributed by atoms with van der Waals surface area (Å²) >= 11 is 4.04. The van der Waals surface area contributed by atoms with E-state index in [4.69, 9.17) is 10.0 Å². The molecule has 0 bridgehead atoms. The van der Waals surface area contributed by atoms with Crippen LogP contribution in [-0.2, 0) is 0 Å². The molecule has 0 atom stereocenters. The second-order valence-electron chi connectivity index (χ2n) is 1.97. The summed E-state index contributed by atoms with van der Waals surface area (Å²) in [6.45, 7) is 0. The van der Waals surface area contributed by atoms with Crippen LogP contribution >= 0.6 is 12.6 Å². The molecule has 0 aromatic heterocycles. The van der Waals surface area contributed by atoms with Gasteiger partial charge < -0.3 is 10.0 Å². The third-order valence-corrected chi connectivity index (χ3v) is 1.49. The number of hydrogen-bond donors (Lipinski definition) is 3. The van der Waals surface area contributed by atoms with E-state index in [0.29, 0.717) is 5.46 Å². The summed E-state index contributed by atoms with van der Waals surface area (Å²) in [6, 6.07) is 6.65. The van der Waals surface area contributed by atoms with Gasteiger partial charge in [-0.1, -0.05) is 12.1 Å². The van der Waals surface area contributed by atoms with E-state index in [2.05, 4.69) is 12.6 Å². The first-order valence-electron chi connectivity index (χ1n) is 2.85. The Morgan fingerprint density at radius 1 is 1.09 bits per heavy atom. The fourth-order valence-electron chi connectivity index (χ4n) is 0.646. The Bertz CT molecular complexity index is 214. The average Bonchev–Trinajstić information content (AvgIpc) is 1.88. The van der Waals surface area contributed by atoms with Gasteiger partial charge in [-0.05, 0) is 17.6 Å². The number of thiol groups is 1. The Hall–Kier alpha value is 0.555. The average molecular weight is 178 g/mol. The standard InChI is InChI=1S/C6H7BO2S.Na.H/c8-7(9)5-1-3-6(10)4-2-5;;/h1-4,8-10H;;. The molecule has 0 spiro atoms. The van der Waals surface area contributed by atoms with Gasteiger partial charge >= 0.3 is 36.7 Å². The molecule has 5 heteroatoms. The summed E-state index contributed by atoms with van der Waals surface area (Å²) in [7, 11) is -1.38. The van der Waals surface area contributed by atoms with Crippen LogP contribution in [0, 0.1) is 0 Å². The molecule has 1 rings (SSSR count). The van der Waals surface area contributed by atoms with Gasteiger partial charge in [-0.15, -0.1) is 12.6 Å². The van der Waals surface area contributed by atoms with Crippen LogP contribution < -0.4 is 5.46 Å². The first kappa shape index (κ1) is 11.6. The molecule has 54 valence electrons. The Labute approximate surface area is 93.5 Å². The monoisotopic (exact) mass is 178 g/mol. The van der Waals surface area contributed by atoms with E-state index >= 15 is 0 Å². The number of hydrogen-bond acceptors (Lipinski definition) is 3. The third-order valence-electron chi connectivity index (χ3n) is 1.19. The summed E-state index contributed by atoms with van der Waals surface area (Å²) < 4.78 is 0. The molecular formula is C6H8BNaO2S. The Morgan fingerprint density at radius 3 is 1.91 bits per heavy atom. The molecule has 0 saturated carbocycles. The second-order valence-corrected chi connectivity index (χ2v) is 2.48. The molecule has 0 fully saturated rings. The van der Waals surface area contributed by atoms with Crippen molar-refractivity contribution in [2.75, 3.05) is 0 Å². The summed E-state index contributed by atoms with van der Waals surface area (Å²) in [5, 5.41) is 17.3. The molecule has 0 amide bonds. The van der Waals surface area contributed by atoms with Gasteiger partial charge in [0.25, 0.3) is 0 Å². The van der Waals surface area contributed by atoms with Crippen molar-refractivity contribution in [1.29, 1.82) is 0 Å². The van der Waals surface area contributed by atoms with Crippen molar-refractivity contribution in [3.63, 3.8) is 0 Å². The van der Waals surface area contributed by atoms with Crippen LogP contribution in [0.15, 0.2) is 29.2 Å². The molecule has 0 radical (unpaired) electrons. The van der Waals surface area contributed by atoms with Crippen molar-refractivity contribution in [1.82, 2.24) is 0 Å². The van der Waals surface area contributed by atoms with Gasteiger partial charge in [-0.25, -0.2) is 0 Å². The molecule has 11 heavy (non-hydrogen) atoms. The van der Waals surface area contributed by atoms with Crippen molar-refractivity contribution >= 4 is 54.8 Å². The first-order chi connectivity index (χ1) is 4.70. The normalized spacial score (nSPS) is 8.64. The minimum absolute atomic E-state index is 0. The van der Waals surface area contributed by atoms with Crippen molar-refractivity contribution in [2.45, 2.75) is 4.90 Å². The van der Waals surface area contributed by atoms with E-state index in [-0.39, 0.29) is 29.6 Å². The van der Waals surface area contributed by atoms with Gasteiger partial charge in [0, 0.05) is 4.90 Å². The van der Waals surface area contributed by atoms with E-state index in [0.717, 1.165) is 4.90 Å². The molecule has 1 aromatic rings. The predicted molar refractivity (Wildman–Crippen MR) is 50.7 cm³/mol. The molecule has 0 unspecified atom stereocenters. The molecule has 0 aliphatic rings. The van der Waals surface area contributed by atoms with Gasteiger partial charge in [0.1, 0.15) is 0 Å². The van der Waals surface area contributed by atoms with Crippen molar-refractivity contribution in [3.8, 4) is 0 Å². The van der Waals surface area contributed by atoms with Gasteiger partial charge in [0.05, 0.1) is 0 Å². The van der Waals surface area contributed by atoms with Crippen LogP contribution in [0.25, 0.3) is 0 Å². The zero-order chi connectivity index (χ0) is 7.56. The SMILES string of the molecule is OB(O)c1ccc(S)cc1.[NaH]. The van der Waals surface area contributed by atoms with Gasteiger partial charge in [0.2, 0.25) is 0 Å². The summed E-state index contributed by atoms with van der Waals surface area (Å²) in [4.78, 5) is 0.810. The van der Waals surface area contributed by atoms with Gasteiger partial charge in [0.15, 0.2) is 0 Å².